The molecule has 1 aliphatic heterocycles. The first kappa shape index (κ1) is 17.5. The van der Waals surface area contributed by atoms with E-state index in [1.165, 1.54) is 0 Å². The van der Waals surface area contributed by atoms with Crippen LogP contribution < -0.4 is 0 Å². The van der Waals surface area contributed by atoms with Gasteiger partial charge in [-0.05, 0) is 24.3 Å². The van der Waals surface area contributed by atoms with Gasteiger partial charge in [0.2, 0.25) is 0 Å². The maximum atomic E-state index is 6.30. The first-order valence-electron chi connectivity index (χ1n) is 7.13. The van der Waals surface area contributed by atoms with E-state index in [4.69, 9.17) is 44.3 Å². The molecule has 0 amide bonds. The van der Waals surface area contributed by atoms with Gasteiger partial charge in [0.1, 0.15) is 6.10 Å². The minimum atomic E-state index is -0.804. The summed E-state index contributed by atoms with van der Waals surface area (Å²) in [5.41, 5.74) is 1.82. The van der Waals surface area contributed by atoms with Crippen molar-refractivity contribution < 1.29 is 9.47 Å². The predicted octanol–water partition coefficient (Wildman–Crippen LogP) is 6.37. The van der Waals surface area contributed by atoms with E-state index < -0.39 is 5.79 Å². The molecule has 1 fully saturated rings. The van der Waals surface area contributed by atoms with Crippen LogP contribution in [0.4, 0.5) is 0 Å². The Hall–Kier alpha value is -0.290. The summed E-state index contributed by atoms with van der Waals surface area (Å²) in [4.78, 5) is 0. The molecule has 122 valence electrons. The number of halogens is 4. The molecule has 2 atom stereocenters. The summed E-state index contributed by atoms with van der Waals surface area (Å²) in [6.45, 7) is 0.428. The second kappa shape index (κ2) is 7.30. The maximum Gasteiger partial charge on any atom is 0.196 e. The second-order valence-corrected chi connectivity index (χ2v) is 7.36. The fourth-order valence-corrected chi connectivity index (χ4v) is 3.86. The van der Waals surface area contributed by atoms with Gasteiger partial charge in [-0.1, -0.05) is 68.9 Å². The molecule has 1 heterocycles. The summed E-state index contributed by atoms with van der Waals surface area (Å²) in [7, 11) is 0. The zero-order valence-electron chi connectivity index (χ0n) is 12.1. The van der Waals surface area contributed by atoms with Crippen molar-refractivity contribution in [3.05, 3.63) is 68.7 Å². The molecule has 2 aromatic carbocycles. The number of rotatable bonds is 4. The lowest BCUT2D eigenvalue weighted by Gasteiger charge is -2.28. The molecular formula is C17H14BrCl3O2. The van der Waals surface area contributed by atoms with E-state index in [9.17, 15) is 0 Å². The van der Waals surface area contributed by atoms with Crippen LogP contribution in [-0.2, 0) is 15.3 Å². The van der Waals surface area contributed by atoms with Crippen molar-refractivity contribution in [2.24, 2.45) is 0 Å². The Bertz CT molecular complexity index is 693. The number of benzene rings is 2. The molecule has 6 heteroatoms. The van der Waals surface area contributed by atoms with Crippen LogP contribution in [0, 0.1) is 0 Å². The molecule has 0 saturated carbocycles. The summed E-state index contributed by atoms with van der Waals surface area (Å²) in [5.74, 6) is -0.804. The quantitative estimate of drug-likeness (QED) is 0.518. The van der Waals surface area contributed by atoms with Crippen LogP contribution in [0.5, 0.6) is 0 Å². The highest BCUT2D eigenvalue weighted by atomic mass is 79.9. The van der Waals surface area contributed by atoms with Gasteiger partial charge in [0, 0.05) is 37.9 Å². The van der Waals surface area contributed by atoms with Gasteiger partial charge in [-0.25, -0.2) is 0 Å². The van der Waals surface area contributed by atoms with Crippen molar-refractivity contribution in [1.29, 1.82) is 0 Å². The van der Waals surface area contributed by atoms with E-state index in [1.54, 1.807) is 12.1 Å². The Labute approximate surface area is 158 Å². The smallest absolute Gasteiger partial charge is 0.196 e. The van der Waals surface area contributed by atoms with Gasteiger partial charge < -0.3 is 9.47 Å². The SMILES string of the molecule is Clc1ccc(C2(CCBr)OCC(c3ccc(Cl)cc3Cl)O2)cc1. The molecule has 1 saturated heterocycles. The van der Waals surface area contributed by atoms with Crippen molar-refractivity contribution in [2.45, 2.75) is 18.3 Å². The first-order valence-corrected chi connectivity index (χ1v) is 9.38. The Kier molecular flexibility index (Phi) is 5.57. The molecule has 0 aromatic heterocycles. The third kappa shape index (κ3) is 3.71. The van der Waals surface area contributed by atoms with Gasteiger partial charge in [-0.3, -0.25) is 0 Å². The van der Waals surface area contributed by atoms with E-state index in [-0.39, 0.29) is 6.10 Å². The Morgan fingerprint density at radius 2 is 1.74 bits per heavy atom. The standard InChI is InChI=1S/C17H14BrCl3O2/c18-8-7-17(11-1-3-12(19)4-2-11)22-10-16(23-17)14-6-5-13(20)9-15(14)21/h1-6,9,16H,7-8,10H2. The highest BCUT2D eigenvalue weighted by molar-refractivity contribution is 9.09. The molecule has 0 spiro atoms. The Morgan fingerprint density at radius 3 is 2.39 bits per heavy atom. The van der Waals surface area contributed by atoms with Gasteiger partial charge in [0.25, 0.3) is 0 Å². The van der Waals surface area contributed by atoms with Crippen LogP contribution >= 0.6 is 50.7 Å². The summed E-state index contributed by atoms with van der Waals surface area (Å²) in [6, 6.07) is 12.9. The van der Waals surface area contributed by atoms with Gasteiger partial charge in [0.05, 0.1) is 6.61 Å². The highest BCUT2D eigenvalue weighted by Crippen LogP contribution is 2.45. The molecule has 2 unspecified atom stereocenters. The van der Waals surface area contributed by atoms with E-state index >= 15 is 0 Å². The maximum absolute atomic E-state index is 6.30. The molecule has 0 radical (unpaired) electrons. The number of ether oxygens (including phenoxy) is 2. The van der Waals surface area contributed by atoms with Crippen molar-refractivity contribution in [2.75, 3.05) is 11.9 Å². The third-order valence-corrected chi connectivity index (χ3v) is 5.03. The van der Waals surface area contributed by atoms with Crippen LogP contribution in [0.3, 0.4) is 0 Å². The van der Waals surface area contributed by atoms with E-state index in [1.807, 2.05) is 30.3 Å². The van der Waals surface area contributed by atoms with E-state index in [0.717, 1.165) is 16.5 Å². The van der Waals surface area contributed by atoms with Crippen LogP contribution in [0.2, 0.25) is 15.1 Å². The van der Waals surface area contributed by atoms with E-state index in [2.05, 4.69) is 15.9 Å². The summed E-state index contributed by atoms with van der Waals surface area (Å²) in [5, 5.41) is 2.61. The molecule has 1 aliphatic rings. The van der Waals surface area contributed by atoms with Crippen LogP contribution in [-0.4, -0.2) is 11.9 Å². The lowest BCUT2D eigenvalue weighted by molar-refractivity contribution is -0.178. The van der Waals surface area contributed by atoms with Crippen LogP contribution in [0.25, 0.3) is 0 Å². The molecule has 0 aliphatic carbocycles. The topological polar surface area (TPSA) is 18.5 Å². The number of alkyl halides is 1. The highest BCUT2D eigenvalue weighted by Gasteiger charge is 2.43. The average Bonchev–Trinajstić information content (AvgIpc) is 2.93. The minimum absolute atomic E-state index is 0.241. The Balaban J connectivity index is 1.91. The van der Waals surface area contributed by atoms with Gasteiger partial charge in [0.15, 0.2) is 5.79 Å². The largest absolute Gasteiger partial charge is 0.343 e. The first-order chi connectivity index (χ1) is 11.0. The van der Waals surface area contributed by atoms with Crippen LogP contribution in [0.15, 0.2) is 42.5 Å². The Morgan fingerprint density at radius 1 is 1.04 bits per heavy atom. The van der Waals surface area contributed by atoms with Gasteiger partial charge in [-0.2, -0.15) is 0 Å². The normalized spacial score (nSPS) is 24.1. The predicted molar refractivity (Wildman–Crippen MR) is 97.8 cm³/mol. The summed E-state index contributed by atoms with van der Waals surface area (Å²) in [6.07, 6.45) is 0.436. The molecule has 2 aromatic rings. The lowest BCUT2D eigenvalue weighted by atomic mass is 10.0. The monoisotopic (exact) mass is 434 g/mol. The zero-order valence-corrected chi connectivity index (χ0v) is 15.9. The zero-order chi connectivity index (χ0) is 16.4. The van der Waals surface area contributed by atoms with Gasteiger partial charge in [-0.15, -0.1) is 0 Å². The minimum Gasteiger partial charge on any atom is -0.343 e. The molecule has 2 nitrogen and oxygen atoms in total. The van der Waals surface area contributed by atoms with Gasteiger partial charge >= 0.3 is 0 Å². The molecule has 3 rings (SSSR count). The fourth-order valence-electron chi connectivity index (χ4n) is 2.68. The number of hydrogen-bond donors (Lipinski definition) is 0. The molecule has 0 bridgehead atoms. The molecule has 0 N–H and O–H groups in total. The average molecular weight is 437 g/mol. The van der Waals surface area contributed by atoms with Crippen LogP contribution in [0.1, 0.15) is 23.7 Å². The fraction of sp³-hybridized carbons (Fsp3) is 0.294. The molecular weight excluding hydrogens is 422 g/mol. The third-order valence-electron chi connectivity index (χ3n) is 3.82. The summed E-state index contributed by atoms with van der Waals surface area (Å²) >= 11 is 21.7. The van der Waals surface area contributed by atoms with Crippen molar-refractivity contribution >= 4 is 50.7 Å². The van der Waals surface area contributed by atoms with Crippen molar-refractivity contribution in [1.82, 2.24) is 0 Å². The lowest BCUT2D eigenvalue weighted by Crippen LogP contribution is -2.27. The van der Waals surface area contributed by atoms with Crippen molar-refractivity contribution in [3.8, 4) is 0 Å². The van der Waals surface area contributed by atoms with E-state index in [0.29, 0.717) is 28.1 Å². The second-order valence-electron chi connectivity index (χ2n) is 5.28. The van der Waals surface area contributed by atoms with Crippen molar-refractivity contribution in [3.63, 3.8) is 0 Å². The summed E-state index contributed by atoms with van der Waals surface area (Å²) < 4.78 is 12.4. The molecule has 23 heavy (non-hydrogen) atoms. The number of hydrogen-bond acceptors (Lipinski definition) is 2.